The Morgan fingerprint density at radius 3 is 2.33 bits per heavy atom. The van der Waals surface area contributed by atoms with Gasteiger partial charge in [-0.25, -0.2) is 4.39 Å². The predicted molar refractivity (Wildman–Crippen MR) is 82.4 cm³/mol. The van der Waals surface area contributed by atoms with Crippen LogP contribution in [0.15, 0.2) is 22.7 Å². The fourth-order valence-electron chi connectivity index (χ4n) is 5.06. The number of amides is 1. The molecule has 4 bridgehead atoms. The van der Waals surface area contributed by atoms with E-state index in [9.17, 15) is 9.18 Å². The summed E-state index contributed by atoms with van der Waals surface area (Å²) in [5, 5.41) is 3.15. The highest BCUT2D eigenvalue weighted by molar-refractivity contribution is 9.10. The van der Waals surface area contributed by atoms with E-state index in [1.807, 2.05) is 0 Å². The first-order valence-corrected chi connectivity index (χ1v) is 8.65. The van der Waals surface area contributed by atoms with Crippen LogP contribution in [0.25, 0.3) is 0 Å². The van der Waals surface area contributed by atoms with Crippen molar-refractivity contribution >= 4 is 21.8 Å². The molecule has 0 unspecified atom stereocenters. The molecule has 0 spiro atoms. The molecule has 0 aliphatic heterocycles. The van der Waals surface area contributed by atoms with E-state index in [2.05, 4.69) is 21.2 Å². The van der Waals surface area contributed by atoms with Crippen molar-refractivity contribution in [2.75, 3.05) is 0 Å². The Kier molecular flexibility index (Phi) is 3.32. The topological polar surface area (TPSA) is 29.1 Å². The van der Waals surface area contributed by atoms with Gasteiger partial charge in [0, 0.05) is 10.5 Å². The third-order valence-electron chi connectivity index (χ3n) is 5.70. The molecule has 1 aromatic rings. The lowest BCUT2D eigenvalue weighted by molar-refractivity contribution is -0.0120. The predicted octanol–water partition coefficient (Wildman–Crippen LogP) is 4.14. The Bertz CT molecular complexity index is 560. The van der Waals surface area contributed by atoms with Crippen LogP contribution in [0, 0.1) is 29.5 Å². The molecule has 1 aromatic carbocycles. The number of rotatable bonds is 2. The van der Waals surface area contributed by atoms with Gasteiger partial charge in [0.25, 0.3) is 5.91 Å². The van der Waals surface area contributed by atoms with Crippen LogP contribution < -0.4 is 5.32 Å². The van der Waals surface area contributed by atoms with Crippen LogP contribution in [-0.2, 0) is 0 Å². The highest BCUT2D eigenvalue weighted by atomic mass is 79.9. The van der Waals surface area contributed by atoms with E-state index in [1.165, 1.54) is 38.2 Å². The van der Waals surface area contributed by atoms with Crippen LogP contribution in [-0.4, -0.2) is 11.9 Å². The minimum absolute atomic E-state index is 0.151. The summed E-state index contributed by atoms with van der Waals surface area (Å²) in [5.41, 5.74) is 0.151. The van der Waals surface area contributed by atoms with Crippen molar-refractivity contribution in [2.24, 2.45) is 23.7 Å². The van der Waals surface area contributed by atoms with Gasteiger partial charge < -0.3 is 5.32 Å². The summed E-state index contributed by atoms with van der Waals surface area (Å²) in [5.74, 6) is 2.28. The van der Waals surface area contributed by atoms with Gasteiger partial charge in [0.2, 0.25) is 0 Å². The molecule has 0 atom stereocenters. The van der Waals surface area contributed by atoms with Gasteiger partial charge >= 0.3 is 0 Å². The lowest BCUT2D eigenvalue weighted by Gasteiger charge is -2.54. The molecule has 4 aliphatic rings. The number of halogens is 2. The largest absolute Gasteiger partial charge is 0.349 e. The fourth-order valence-corrected chi connectivity index (χ4v) is 5.42. The molecule has 21 heavy (non-hydrogen) atoms. The van der Waals surface area contributed by atoms with Gasteiger partial charge in [0.1, 0.15) is 5.82 Å². The first-order chi connectivity index (χ1) is 10.1. The molecular weight excluding hydrogens is 333 g/mol. The van der Waals surface area contributed by atoms with E-state index < -0.39 is 5.82 Å². The van der Waals surface area contributed by atoms with Gasteiger partial charge in [-0.05, 0) is 74.0 Å². The monoisotopic (exact) mass is 351 g/mol. The zero-order valence-corrected chi connectivity index (χ0v) is 13.4. The van der Waals surface area contributed by atoms with E-state index in [0.29, 0.717) is 11.8 Å². The zero-order valence-electron chi connectivity index (χ0n) is 11.8. The van der Waals surface area contributed by atoms with Crippen molar-refractivity contribution in [1.82, 2.24) is 5.32 Å². The average molecular weight is 352 g/mol. The van der Waals surface area contributed by atoms with Crippen molar-refractivity contribution in [3.05, 3.63) is 34.1 Å². The summed E-state index contributed by atoms with van der Waals surface area (Å²) in [6.07, 6.45) is 6.39. The Morgan fingerprint density at radius 1 is 1.10 bits per heavy atom. The number of hydrogen-bond acceptors (Lipinski definition) is 1. The van der Waals surface area contributed by atoms with Crippen LogP contribution in [0.3, 0.4) is 0 Å². The summed E-state index contributed by atoms with van der Waals surface area (Å²) in [6.45, 7) is 0. The molecule has 4 fully saturated rings. The third-order valence-corrected chi connectivity index (χ3v) is 6.19. The number of carbonyl (C=O) groups is 1. The Balaban J connectivity index is 1.53. The van der Waals surface area contributed by atoms with Crippen molar-refractivity contribution in [3.8, 4) is 0 Å². The highest BCUT2D eigenvalue weighted by Gasteiger charge is 2.48. The van der Waals surface area contributed by atoms with Gasteiger partial charge in [-0.2, -0.15) is 0 Å². The smallest absolute Gasteiger partial charge is 0.254 e. The molecule has 1 N–H and O–H groups in total. The zero-order chi connectivity index (χ0) is 14.6. The molecule has 112 valence electrons. The van der Waals surface area contributed by atoms with Crippen LogP contribution in [0.2, 0.25) is 0 Å². The maximum Gasteiger partial charge on any atom is 0.254 e. The molecular formula is C17H19BrFNO. The molecule has 4 aliphatic carbocycles. The first-order valence-electron chi connectivity index (χ1n) is 7.86. The minimum atomic E-state index is -0.445. The molecule has 0 heterocycles. The van der Waals surface area contributed by atoms with Gasteiger partial charge in [0.15, 0.2) is 0 Å². The number of nitrogens with one attached hydrogen (secondary N) is 1. The van der Waals surface area contributed by atoms with Crippen LogP contribution in [0.4, 0.5) is 4.39 Å². The maximum atomic E-state index is 13.9. The molecule has 4 heteroatoms. The minimum Gasteiger partial charge on any atom is -0.349 e. The number of hydrogen-bond donors (Lipinski definition) is 1. The average Bonchev–Trinajstić information content (AvgIpc) is 2.44. The fraction of sp³-hybridized carbons (Fsp3) is 0.588. The highest BCUT2D eigenvalue weighted by Crippen LogP contribution is 2.53. The van der Waals surface area contributed by atoms with E-state index in [0.717, 1.165) is 16.3 Å². The summed E-state index contributed by atoms with van der Waals surface area (Å²) >= 11 is 3.31. The van der Waals surface area contributed by atoms with E-state index in [4.69, 9.17) is 0 Å². The molecule has 4 saturated carbocycles. The Labute approximate surface area is 132 Å². The standard InChI is InChI=1S/C17H19BrFNO/c18-13-1-2-15(19)14(8-13)17(21)20-16-11-4-9-3-10(6-11)7-12(16)5-9/h1-2,8-12,16H,3-7H2,(H,20,21). The molecule has 0 saturated heterocycles. The lowest BCUT2D eigenvalue weighted by atomic mass is 9.54. The maximum absolute atomic E-state index is 13.9. The summed E-state index contributed by atoms with van der Waals surface area (Å²) in [6, 6.07) is 4.79. The van der Waals surface area contributed by atoms with Gasteiger partial charge in [-0.3, -0.25) is 4.79 Å². The van der Waals surface area contributed by atoms with E-state index in [1.54, 1.807) is 12.1 Å². The normalized spacial score (nSPS) is 36.8. The quantitative estimate of drug-likeness (QED) is 0.852. The van der Waals surface area contributed by atoms with Crippen LogP contribution in [0.5, 0.6) is 0 Å². The van der Waals surface area contributed by atoms with Crippen molar-refractivity contribution < 1.29 is 9.18 Å². The van der Waals surface area contributed by atoms with Crippen molar-refractivity contribution in [3.63, 3.8) is 0 Å². The van der Waals surface area contributed by atoms with Crippen molar-refractivity contribution in [1.29, 1.82) is 0 Å². The number of benzene rings is 1. The summed E-state index contributed by atoms with van der Waals surface area (Å²) < 4.78 is 14.6. The Hall–Kier alpha value is -0.900. The second kappa shape index (κ2) is 5.08. The lowest BCUT2D eigenvalue weighted by Crippen LogP contribution is -2.55. The van der Waals surface area contributed by atoms with Gasteiger partial charge in [-0.1, -0.05) is 15.9 Å². The molecule has 2 nitrogen and oxygen atoms in total. The first kappa shape index (κ1) is 13.7. The van der Waals surface area contributed by atoms with Crippen LogP contribution >= 0.6 is 15.9 Å². The van der Waals surface area contributed by atoms with Crippen molar-refractivity contribution in [2.45, 2.75) is 38.1 Å². The second-order valence-corrected chi connectivity index (χ2v) is 7.97. The summed E-state index contributed by atoms with van der Waals surface area (Å²) in [7, 11) is 0. The van der Waals surface area contributed by atoms with E-state index in [-0.39, 0.29) is 17.5 Å². The van der Waals surface area contributed by atoms with Gasteiger partial charge in [0.05, 0.1) is 5.56 Å². The van der Waals surface area contributed by atoms with Gasteiger partial charge in [-0.15, -0.1) is 0 Å². The molecule has 0 radical (unpaired) electrons. The second-order valence-electron chi connectivity index (χ2n) is 7.05. The SMILES string of the molecule is O=C(NC1C2CC3CC(C2)CC1C3)c1cc(Br)ccc1F. The van der Waals surface area contributed by atoms with E-state index >= 15 is 0 Å². The molecule has 1 amide bonds. The number of carbonyl (C=O) groups excluding carboxylic acids is 1. The Morgan fingerprint density at radius 2 is 1.71 bits per heavy atom. The third kappa shape index (κ3) is 2.41. The molecule has 5 rings (SSSR count). The summed E-state index contributed by atoms with van der Waals surface area (Å²) in [4.78, 5) is 12.4. The van der Waals surface area contributed by atoms with Crippen LogP contribution in [0.1, 0.15) is 42.5 Å². The molecule has 0 aromatic heterocycles.